The molecule has 2 nitrogen and oxygen atoms in total. The van der Waals surface area contributed by atoms with E-state index in [4.69, 9.17) is 4.74 Å². The maximum atomic E-state index is 10.7. The van der Waals surface area contributed by atoms with Gasteiger partial charge in [0.1, 0.15) is 0 Å². The zero-order valence-electron chi connectivity index (χ0n) is 8.68. The van der Waals surface area contributed by atoms with Crippen LogP contribution >= 0.6 is 22.6 Å². The lowest BCUT2D eigenvalue weighted by Gasteiger charge is -2.20. The van der Waals surface area contributed by atoms with Crippen molar-refractivity contribution in [3.05, 3.63) is 0 Å². The molecule has 0 amide bonds. The van der Waals surface area contributed by atoms with Crippen LogP contribution in [0.2, 0.25) is 0 Å². The molecule has 78 valence electrons. The van der Waals surface area contributed by atoms with Crippen molar-refractivity contribution in [2.75, 3.05) is 0 Å². The topological polar surface area (TPSA) is 26.3 Å². The SMILES string of the molecule is CCCCC(CC)C(I)OC(C)=O. The number of unbranched alkanes of at least 4 members (excludes halogenated alkanes) is 1. The number of halogens is 1. The number of carbonyl (C=O) groups excluding carboxylic acids is 1. The van der Waals surface area contributed by atoms with Gasteiger partial charge in [0.15, 0.2) is 4.11 Å². The van der Waals surface area contributed by atoms with Crippen LogP contribution in [0, 0.1) is 5.92 Å². The first-order valence-electron chi connectivity index (χ1n) is 4.93. The lowest BCUT2D eigenvalue weighted by molar-refractivity contribution is -0.143. The van der Waals surface area contributed by atoms with Gasteiger partial charge >= 0.3 is 5.97 Å². The average Bonchev–Trinajstić information content (AvgIpc) is 2.04. The minimum absolute atomic E-state index is 0.0478. The van der Waals surface area contributed by atoms with Gasteiger partial charge in [0.2, 0.25) is 0 Å². The fourth-order valence-corrected chi connectivity index (χ4v) is 2.47. The van der Waals surface area contributed by atoms with Gasteiger partial charge in [-0.3, -0.25) is 4.79 Å². The van der Waals surface area contributed by atoms with Gasteiger partial charge < -0.3 is 4.74 Å². The van der Waals surface area contributed by atoms with Gasteiger partial charge in [0, 0.05) is 12.8 Å². The summed E-state index contributed by atoms with van der Waals surface area (Å²) in [7, 11) is 0. The van der Waals surface area contributed by atoms with Crippen molar-refractivity contribution in [2.24, 2.45) is 5.92 Å². The normalized spacial score (nSPS) is 15.1. The predicted octanol–water partition coefficient (Wildman–Crippen LogP) is 3.53. The molecular formula is C10H19IO2. The van der Waals surface area contributed by atoms with Crippen LogP contribution in [-0.2, 0) is 9.53 Å². The van der Waals surface area contributed by atoms with Crippen molar-refractivity contribution in [1.82, 2.24) is 0 Å². The molecule has 0 aliphatic carbocycles. The standard InChI is InChI=1S/C10H19IO2/c1-4-6-7-9(5-2)10(11)13-8(3)12/h9-10H,4-7H2,1-3H3. The number of carbonyl (C=O) groups is 1. The van der Waals surface area contributed by atoms with Gasteiger partial charge in [-0.25, -0.2) is 0 Å². The second-order valence-electron chi connectivity index (χ2n) is 3.27. The summed E-state index contributed by atoms with van der Waals surface area (Å²) in [6.45, 7) is 5.80. The molecule has 0 spiro atoms. The van der Waals surface area contributed by atoms with E-state index in [1.807, 2.05) is 0 Å². The molecule has 2 unspecified atom stereocenters. The summed E-state index contributed by atoms with van der Waals surface area (Å²) in [4.78, 5) is 10.7. The predicted molar refractivity (Wildman–Crippen MR) is 62.9 cm³/mol. The molecule has 0 saturated carbocycles. The first kappa shape index (κ1) is 13.2. The van der Waals surface area contributed by atoms with Gasteiger partial charge in [0.25, 0.3) is 0 Å². The van der Waals surface area contributed by atoms with Crippen molar-refractivity contribution in [3.63, 3.8) is 0 Å². The summed E-state index contributed by atoms with van der Waals surface area (Å²) in [5.74, 6) is 0.346. The minimum Gasteiger partial charge on any atom is -0.452 e. The molecule has 0 radical (unpaired) electrons. The fraction of sp³-hybridized carbons (Fsp3) is 0.900. The molecule has 2 atom stereocenters. The number of hydrogen-bond donors (Lipinski definition) is 0. The number of rotatable bonds is 6. The molecule has 0 aliphatic heterocycles. The van der Waals surface area contributed by atoms with Crippen molar-refractivity contribution >= 4 is 28.6 Å². The molecule has 0 rings (SSSR count). The number of esters is 1. The van der Waals surface area contributed by atoms with Gasteiger partial charge in [-0.15, -0.1) is 0 Å². The monoisotopic (exact) mass is 298 g/mol. The van der Waals surface area contributed by atoms with Crippen LogP contribution in [0.1, 0.15) is 46.5 Å². The van der Waals surface area contributed by atoms with Gasteiger partial charge in [-0.1, -0.05) is 26.7 Å². The lowest BCUT2D eigenvalue weighted by Crippen LogP contribution is -2.19. The van der Waals surface area contributed by atoms with Crippen molar-refractivity contribution in [1.29, 1.82) is 0 Å². The molecule has 0 aromatic heterocycles. The summed E-state index contributed by atoms with van der Waals surface area (Å²) < 4.78 is 5.20. The second-order valence-corrected chi connectivity index (χ2v) is 4.50. The smallest absolute Gasteiger partial charge is 0.303 e. The minimum atomic E-state index is -0.172. The largest absolute Gasteiger partial charge is 0.452 e. The number of hydrogen-bond acceptors (Lipinski definition) is 2. The third-order valence-electron chi connectivity index (χ3n) is 2.10. The highest BCUT2D eigenvalue weighted by molar-refractivity contribution is 14.1. The van der Waals surface area contributed by atoms with Gasteiger partial charge in [0.05, 0.1) is 0 Å². The fourth-order valence-electron chi connectivity index (χ4n) is 1.24. The van der Waals surface area contributed by atoms with E-state index in [0.717, 1.165) is 12.8 Å². The van der Waals surface area contributed by atoms with Crippen LogP contribution in [0.5, 0.6) is 0 Å². The molecule has 0 fully saturated rings. The van der Waals surface area contributed by atoms with E-state index in [2.05, 4.69) is 36.4 Å². The third kappa shape index (κ3) is 6.29. The van der Waals surface area contributed by atoms with E-state index in [1.54, 1.807) is 0 Å². The van der Waals surface area contributed by atoms with Gasteiger partial charge in [-0.05, 0) is 35.4 Å². The van der Waals surface area contributed by atoms with Crippen molar-refractivity contribution in [3.8, 4) is 0 Å². The van der Waals surface area contributed by atoms with Crippen LogP contribution < -0.4 is 0 Å². The van der Waals surface area contributed by atoms with E-state index in [1.165, 1.54) is 19.8 Å². The van der Waals surface area contributed by atoms with Gasteiger partial charge in [-0.2, -0.15) is 0 Å². The lowest BCUT2D eigenvalue weighted by atomic mass is 10.0. The Balaban J connectivity index is 3.83. The van der Waals surface area contributed by atoms with Crippen LogP contribution in [-0.4, -0.2) is 10.1 Å². The highest BCUT2D eigenvalue weighted by Gasteiger charge is 2.18. The molecule has 0 aromatic carbocycles. The Kier molecular flexibility index (Phi) is 7.71. The molecule has 0 saturated heterocycles. The molecule has 0 aliphatic rings. The maximum Gasteiger partial charge on any atom is 0.303 e. The maximum absolute atomic E-state index is 10.7. The van der Waals surface area contributed by atoms with E-state index in [9.17, 15) is 4.79 Å². The molecule has 0 bridgehead atoms. The molecule has 0 aromatic rings. The quantitative estimate of drug-likeness (QED) is 0.426. The zero-order chi connectivity index (χ0) is 10.3. The van der Waals surface area contributed by atoms with Crippen LogP contribution in [0.25, 0.3) is 0 Å². The second kappa shape index (κ2) is 7.59. The summed E-state index contributed by atoms with van der Waals surface area (Å²) in [6, 6.07) is 0. The molecule has 3 heteroatoms. The summed E-state index contributed by atoms with van der Waals surface area (Å²) in [5, 5.41) is 0. The Hall–Kier alpha value is 0.200. The average molecular weight is 298 g/mol. The molecule has 0 N–H and O–H groups in total. The third-order valence-corrected chi connectivity index (χ3v) is 3.37. The molecule has 0 heterocycles. The number of ether oxygens (including phenoxy) is 1. The van der Waals surface area contributed by atoms with E-state index in [0.29, 0.717) is 5.92 Å². The highest BCUT2D eigenvalue weighted by atomic mass is 127. The summed E-state index contributed by atoms with van der Waals surface area (Å²) in [5.41, 5.74) is 0. The van der Waals surface area contributed by atoms with Crippen molar-refractivity contribution in [2.45, 2.75) is 50.6 Å². The summed E-state index contributed by atoms with van der Waals surface area (Å²) in [6.07, 6.45) is 4.67. The first-order chi connectivity index (χ1) is 6.11. The van der Waals surface area contributed by atoms with Crippen LogP contribution in [0.4, 0.5) is 0 Å². The van der Waals surface area contributed by atoms with E-state index in [-0.39, 0.29) is 10.1 Å². The molecular weight excluding hydrogens is 279 g/mol. The Morgan fingerprint density at radius 2 is 2.08 bits per heavy atom. The number of alkyl halides is 1. The Morgan fingerprint density at radius 3 is 2.46 bits per heavy atom. The highest BCUT2D eigenvalue weighted by Crippen LogP contribution is 2.24. The van der Waals surface area contributed by atoms with Crippen molar-refractivity contribution < 1.29 is 9.53 Å². The Labute approximate surface area is 94.6 Å². The van der Waals surface area contributed by atoms with E-state index < -0.39 is 0 Å². The van der Waals surface area contributed by atoms with Crippen LogP contribution in [0.3, 0.4) is 0 Å². The van der Waals surface area contributed by atoms with E-state index >= 15 is 0 Å². The zero-order valence-corrected chi connectivity index (χ0v) is 10.8. The Bertz CT molecular complexity index is 148. The Morgan fingerprint density at radius 1 is 1.46 bits per heavy atom. The van der Waals surface area contributed by atoms with Crippen LogP contribution in [0.15, 0.2) is 0 Å². The molecule has 13 heavy (non-hydrogen) atoms. The first-order valence-corrected chi connectivity index (χ1v) is 6.17. The summed E-state index contributed by atoms with van der Waals surface area (Å²) >= 11 is 2.22.